The third-order valence-corrected chi connectivity index (χ3v) is 6.74. The van der Waals surface area contributed by atoms with Crippen LogP contribution in [0.5, 0.6) is 0 Å². The number of anilines is 1. The van der Waals surface area contributed by atoms with Crippen molar-refractivity contribution in [2.45, 2.75) is 53.1 Å². The van der Waals surface area contributed by atoms with Crippen LogP contribution in [0.25, 0.3) is 11.1 Å². The lowest BCUT2D eigenvalue weighted by Crippen LogP contribution is -2.37. The SMILES string of the molecule is Cc1ccc(-c2cc(C(=O)NCc3c(C)noc3C)c(C)c(N(C)C3CCOCC3)c2)cc1. The van der Waals surface area contributed by atoms with E-state index in [1.54, 1.807) is 0 Å². The highest BCUT2D eigenvalue weighted by molar-refractivity contribution is 5.99. The lowest BCUT2D eigenvalue weighted by atomic mass is 9.95. The van der Waals surface area contributed by atoms with Gasteiger partial charge in [-0.15, -0.1) is 0 Å². The van der Waals surface area contributed by atoms with Crippen molar-refractivity contribution in [2.24, 2.45) is 0 Å². The Morgan fingerprint density at radius 3 is 2.39 bits per heavy atom. The average molecular weight is 448 g/mol. The highest BCUT2D eigenvalue weighted by atomic mass is 16.5. The Hall–Kier alpha value is -3.12. The quantitative estimate of drug-likeness (QED) is 0.568. The number of amides is 1. The molecule has 1 aliphatic rings. The van der Waals surface area contributed by atoms with Gasteiger partial charge >= 0.3 is 0 Å². The summed E-state index contributed by atoms with van der Waals surface area (Å²) in [6.45, 7) is 9.81. The molecular weight excluding hydrogens is 414 g/mol. The molecule has 0 saturated carbocycles. The van der Waals surface area contributed by atoms with Gasteiger partial charge in [-0.2, -0.15) is 0 Å². The second-order valence-electron chi connectivity index (χ2n) is 8.97. The molecule has 6 nitrogen and oxygen atoms in total. The number of carbonyl (C=O) groups is 1. The van der Waals surface area contributed by atoms with Gasteiger partial charge in [-0.3, -0.25) is 4.79 Å². The molecule has 1 aromatic heterocycles. The van der Waals surface area contributed by atoms with Crippen molar-refractivity contribution in [1.82, 2.24) is 10.5 Å². The molecule has 1 saturated heterocycles. The van der Waals surface area contributed by atoms with Crippen LogP contribution in [-0.4, -0.2) is 37.4 Å². The van der Waals surface area contributed by atoms with E-state index in [-0.39, 0.29) is 5.91 Å². The smallest absolute Gasteiger partial charge is 0.251 e. The van der Waals surface area contributed by atoms with Gasteiger partial charge in [-0.1, -0.05) is 35.0 Å². The average Bonchev–Trinajstić information content (AvgIpc) is 3.15. The highest BCUT2D eigenvalue weighted by Crippen LogP contribution is 2.33. The van der Waals surface area contributed by atoms with E-state index in [2.05, 4.69) is 59.7 Å². The fourth-order valence-corrected chi connectivity index (χ4v) is 4.50. The topological polar surface area (TPSA) is 67.6 Å². The number of aryl methyl sites for hydroxylation is 3. The highest BCUT2D eigenvalue weighted by Gasteiger charge is 2.23. The van der Waals surface area contributed by atoms with E-state index in [0.29, 0.717) is 18.2 Å². The van der Waals surface area contributed by atoms with Gasteiger partial charge < -0.3 is 19.5 Å². The van der Waals surface area contributed by atoms with Crippen molar-refractivity contribution >= 4 is 11.6 Å². The summed E-state index contributed by atoms with van der Waals surface area (Å²) in [6, 6.07) is 13.0. The number of ether oxygens (including phenoxy) is 1. The Balaban J connectivity index is 1.70. The molecule has 2 aromatic carbocycles. The maximum absolute atomic E-state index is 13.4. The van der Waals surface area contributed by atoms with Crippen LogP contribution in [0.2, 0.25) is 0 Å². The van der Waals surface area contributed by atoms with Crippen LogP contribution >= 0.6 is 0 Å². The minimum atomic E-state index is -0.0944. The van der Waals surface area contributed by atoms with Crippen LogP contribution in [0.15, 0.2) is 40.9 Å². The summed E-state index contributed by atoms with van der Waals surface area (Å²) in [4.78, 5) is 15.7. The number of carbonyl (C=O) groups excluding carboxylic acids is 1. The van der Waals surface area contributed by atoms with E-state index < -0.39 is 0 Å². The molecule has 0 aliphatic carbocycles. The first kappa shape index (κ1) is 23.1. The first-order valence-corrected chi connectivity index (χ1v) is 11.6. The van der Waals surface area contributed by atoms with Crippen molar-refractivity contribution in [3.05, 3.63) is 70.1 Å². The Morgan fingerprint density at radius 1 is 1.06 bits per heavy atom. The Morgan fingerprint density at radius 2 is 1.76 bits per heavy atom. The number of nitrogens with one attached hydrogen (secondary N) is 1. The fraction of sp³-hybridized carbons (Fsp3) is 0.407. The molecule has 0 atom stereocenters. The van der Waals surface area contributed by atoms with Gasteiger partial charge in [0.15, 0.2) is 0 Å². The third-order valence-electron chi connectivity index (χ3n) is 6.74. The third kappa shape index (κ3) is 4.96. The number of hydrogen-bond donors (Lipinski definition) is 1. The summed E-state index contributed by atoms with van der Waals surface area (Å²) in [7, 11) is 2.13. The summed E-state index contributed by atoms with van der Waals surface area (Å²) < 4.78 is 10.8. The second kappa shape index (κ2) is 9.79. The summed E-state index contributed by atoms with van der Waals surface area (Å²) in [5, 5.41) is 7.07. The van der Waals surface area contributed by atoms with Gasteiger partial charge in [0.1, 0.15) is 5.76 Å². The van der Waals surface area contributed by atoms with Crippen LogP contribution < -0.4 is 10.2 Å². The van der Waals surface area contributed by atoms with Gasteiger partial charge in [0.05, 0.1) is 5.69 Å². The number of nitrogens with zero attached hydrogens (tertiary/aromatic N) is 2. The minimum absolute atomic E-state index is 0.0944. The molecule has 1 N–H and O–H groups in total. The zero-order valence-electron chi connectivity index (χ0n) is 20.2. The lowest BCUT2D eigenvalue weighted by molar-refractivity contribution is 0.0854. The van der Waals surface area contributed by atoms with Gasteiger partial charge in [0.25, 0.3) is 5.91 Å². The zero-order chi connectivity index (χ0) is 23.5. The standard InChI is InChI=1S/C27H33N3O3/c1-17-6-8-21(9-7-17)22-14-24(27(31)28-16-25-19(3)29-33-20(25)4)18(2)26(15-22)30(5)23-10-12-32-13-11-23/h6-9,14-15,23H,10-13,16H2,1-5H3,(H,28,31). The predicted molar refractivity (Wildman–Crippen MR) is 131 cm³/mol. The fourth-order valence-electron chi connectivity index (χ4n) is 4.50. The largest absolute Gasteiger partial charge is 0.381 e. The number of aromatic nitrogens is 1. The van der Waals surface area contributed by atoms with Crippen molar-refractivity contribution in [3.8, 4) is 11.1 Å². The molecule has 2 heterocycles. The molecule has 0 unspecified atom stereocenters. The zero-order valence-corrected chi connectivity index (χ0v) is 20.2. The molecule has 0 radical (unpaired) electrons. The number of rotatable bonds is 6. The van der Waals surface area contributed by atoms with E-state index in [1.165, 1.54) is 5.56 Å². The van der Waals surface area contributed by atoms with E-state index >= 15 is 0 Å². The molecule has 4 rings (SSSR count). The summed E-state index contributed by atoms with van der Waals surface area (Å²) in [5.74, 6) is 0.640. The van der Waals surface area contributed by atoms with Crippen molar-refractivity contribution in [1.29, 1.82) is 0 Å². The summed E-state index contributed by atoms with van der Waals surface area (Å²) in [5.41, 5.74) is 7.84. The molecule has 1 fully saturated rings. The summed E-state index contributed by atoms with van der Waals surface area (Å²) in [6.07, 6.45) is 1.97. The first-order valence-electron chi connectivity index (χ1n) is 11.6. The Bertz CT molecular complexity index is 1110. The van der Waals surface area contributed by atoms with E-state index in [4.69, 9.17) is 9.26 Å². The van der Waals surface area contributed by atoms with Crippen molar-refractivity contribution < 1.29 is 14.1 Å². The van der Waals surface area contributed by atoms with Crippen LogP contribution in [0.3, 0.4) is 0 Å². The molecule has 3 aromatic rings. The molecule has 33 heavy (non-hydrogen) atoms. The molecule has 6 heteroatoms. The van der Waals surface area contributed by atoms with Crippen LogP contribution in [-0.2, 0) is 11.3 Å². The van der Waals surface area contributed by atoms with Gasteiger partial charge in [-0.25, -0.2) is 0 Å². The number of benzene rings is 2. The normalized spacial score (nSPS) is 14.3. The molecular formula is C27H33N3O3. The lowest BCUT2D eigenvalue weighted by Gasteiger charge is -2.34. The van der Waals surface area contributed by atoms with Crippen molar-refractivity contribution in [3.63, 3.8) is 0 Å². The van der Waals surface area contributed by atoms with Gasteiger partial charge in [0, 0.05) is 49.7 Å². The Kier molecular flexibility index (Phi) is 6.84. The maximum atomic E-state index is 13.4. The maximum Gasteiger partial charge on any atom is 0.251 e. The first-order chi connectivity index (χ1) is 15.8. The molecule has 1 aliphatic heterocycles. The van der Waals surface area contributed by atoms with Crippen LogP contribution in [0.4, 0.5) is 5.69 Å². The molecule has 174 valence electrons. The van der Waals surface area contributed by atoms with E-state index in [9.17, 15) is 4.79 Å². The van der Waals surface area contributed by atoms with Gasteiger partial charge in [0.2, 0.25) is 0 Å². The Labute approximate surface area is 195 Å². The second-order valence-corrected chi connectivity index (χ2v) is 8.97. The van der Waals surface area contributed by atoms with E-state index in [0.717, 1.165) is 65.5 Å². The van der Waals surface area contributed by atoms with Crippen LogP contribution in [0, 0.1) is 27.7 Å². The molecule has 1 amide bonds. The van der Waals surface area contributed by atoms with E-state index in [1.807, 2.05) is 26.8 Å². The number of hydrogen-bond acceptors (Lipinski definition) is 5. The monoisotopic (exact) mass is 447 g/mol. The van der Waals surface area contributed by atoms with Gasteiger partial charge in [-0.05, 0) is 69.4 Å². The minimum Gasteiger partial charge on any atom is -0.381 e. The summed E-state index contributed by atoms with van der Waals surface area (Å²) >= 11 is 0. The molecule has 0 bridgehead atoms. The van der Waals surface area contributed by atoms with Crippen molar-refractivity contribution in [2.75, 3.05) is 25.2 Å². The van der Waals surface area contributed by atoms with Crippen LogP contribution in [0.1, 0.15) is 51.3 Å². The molecule has 0 spiro atoms. The predicted octanol–water partition coefficient (Wildman–Crippen LogP) is 5.12.